The Balaban J connectivity index is 1.11. The summed E-state index contributed by atoms with van der Waals surface area (Å²) in [5, 5.41) is 5.74. The zero-order valence-corrected chi connectivity index (χ0v) is 19.4. The number of pyridine rings is 2. The lowest BCUT2D eigenvalue weighted by molar-refractivity contribution is 0.251. The van der Waals surface area contributed by atoms with Crippen LogP contribution in [0.4, 0.5) is 16.3 Å². The molecule has 35 heavy (non-hydrogen) atoms. The monoisotopic (exact) mass is 465 g/mol. The summed E-state index contributed by atoms with van der Waals surface area (Å²) in [6.07, 6.45) is 6.34. The lowest BCUT2D eigenvalue weighted by Crippen LogP contribution is -2.31. The average Bonchev–Trinajstić information content (AvgIpc) is 2.91. The van der Waals surface area contributed by atoms with Crippen LogP contribution in [0.1, 0.15) is 22.3 Å². The van der Waals surface area contributed by atoms with Crippen LogP contribution in [0.2, 0.25) is 0 Å². The Morgan fingerprint density at radius 3 is 2.69 bits per heavy atom. The van der Waals surface area contributed by atoms with E-state index in [0.29, 0.717) is 24.6 Å². The summed E-state index contributed by atoms with van der Waals surface area (Å²) in [7, 11) is 0. The van der Waals surface area contributed by atoms with Crippen LogP contribution in [0.5, 0.6) is 5.75 Å². The number of fused-ring (bicyclic) bond motifs is 1. The van der Waals surface area contributed by atoms with Crippen LogP contribution >= 0.6 is 0 Å². The minimum absolute atomic E-state index is 0.286. The summed E-state index contributed by atoms with van der Waals surface area (Å²) in [5.74, 6) is 1.63. The Bertz CT molecular complexity index is 1280. The van der Waals surface area contributed by atoms with Gasteiger partial charge in [-0.25, -0.2) is 9.78 Å². The lowest BCUT2D eigenvalue weighted by Gasteiger charge is -2.29. The number of amides is 2. The smallest absolute Gasteiger partial charge is 0.319 e. The second kappa shape index (κ2) is 10.7. The van der Waals surface area contributed by atoms with Crippen molar-refractivity contribution in [2.24, 2.45) is 0 Å². The number of nitrogens with zero attached hydrogens (tertiary/aromatic N) is 3. The van der Waals surface area contributed by atoms with Gasteiger partial charge in [0.1, 0.15) is 18.2 Å². The minimum Gasteiger partial charge on any atom is -0.489 e. The molecule has 1 aliphatic heterocycles. The molecule has 2 amide bonds. The lowest BCUT2D eigenvalue weighted by atomic mass is 10.00. The van der Waals surface area contributed by atoms with E-state index in [1.54, 1.807) is 18.5 Å². The first-order valence-corrected chi connectivity index (χ1v) is 11.7. The fourth-order valence-electron chi connectivity index (χ4n) is 4.07. The molecule has 3 heterocycles. The first-order chi connectivity index (χ1) is 17.2. The predicted molar refractivity (Wildman–Crippen MR) is 136 cm³/mol. The quantitative estimate of drug-likeness (QED) is 0.404. The molecule has 0 spiro atoms. The number of hydrogen-bond acceptors (Lipinski definition) is 5. The second-order valence-corrected chi connectivity index (χ2v) is 8.45. The van der Waals surface area contributed by atoms with Gasteiger partial charge in [0, 0.05) is 55.5 Å². The normalized spacial score (nSPS) is 12.5. The van der Waals surface area contributed by atoms with Crippen molar-refractivity contribution in [1.82, 2.24) is 15.3 Å². The standard InChI is InChI=1S/C28H27N5O2/c34-28(32-25-8-3-9-26(15-25)35-20-22-5-4-13-29-16-22)31-18-21-10-11-27(30-17-21)33-14-12-23-6-1-2-7-24(23)19-33/h1-11,13,15-17H,12,14,18-20H2,(H2,31,32,34). The molecule has 0 radical (unpaired) electrons. The molecular formula is C28H27N5O2. The molecule has 0 saturated heterocycles. The Morgan fingerprint density at radius 1 is 0.943 bits per heavy atom. The van der Waals surface area contributed by atoms with E-state index in [4.69, 9.17) is 4.74 Å². The molecule has 2 aromatic carbocycles. The van der Waals surface area contributed by atoms with E-state index >= 15 is 0 Å². The van der Waals surface area contributed by atoms with E-state index in [9.17, 15) is 4.79 Å². The molecule has 2 aromatic heterocycles. The summed E-state index contributed by atoms with van der Waals surface area (Å²) in [6.45, 7) is 2.62. The molecule has 0 unspecified atom stereocenters. The van der Waals surface area contributed by atoms with E-state index in [2.05, 4.69) is 49.8 Å². The Morgan fingerprint density at radius 2 is 1.86 bits per heavy atom. The third-order valence-corrected chi connectivity index (χ3v) is 5.94. The van der Waals surface area contributed by atoms with Crippen molar-refractivity contribution in [1.29, 1.82) is 0 Å². The van der Waals surface area contributed by atoms with E-state index in [1.165, 1.54) is 11.1 Å². The van der Waals surface area contributed by atoms with Crippen molar-refractivity contribution < 1.29 is 9.53 Å². The number of ether oxygens (including phenoxy) is 1. The van der Waals surface area contributed by atoms with E-state index in [-0.39, 0.29) is 6.03 Å². The van der Waals surface area contributed by atoms with Crippen molar-refractivity contribution >= 4 is 17.5 Å². The van der Waals surface area contributed by atoms with Crippen LogP contribution < -0.4 is 20.3 Å². The largest absolute Gasteiger partial charge is 0.489 e. The Labute approximate surface area is 204 Å². The van der Waals surface area contributed by atoms with Crippen LogP contribution in [0.25, 0.3) is 0 Å². The number of nitrogens with one attached hydrogen (secondary N) is 2. The fraction of sp³-hybridized carbons (Fsp3) is 0.179. The molecule has 7 heteroatoms. The molecule has 0 bridgehead atoms. The SMILES string of the molecule is O=C(NCc1ccc(N2CCc3ccccc3C2)nc1)Nc1cccc(OCc2cccnc2)c1. The zero-order valence-electron chi connectivity index (χ0n) is 19.4. The van der Waals surface area contributed by atoms with Gasteiger partial charge in [-0.3, -0.25) is 4.98 Å². The van der Waals surface area contributed by atoms with Crippen molar-refractivity contribution in [3.05, 3.63) is 114 Å². The Hall–Kier alpha value is -4.39. The van der Waals surface area contributed by atoms with Crippen molar-refractivity contribution in [2.45, 2.75) is 26.1 Å². The first-order valence-electron chi connectivity index (χ1n) is 11.7. The summed E-state index contributed by atoms with van der Waals surface area (Å²) >= 11 is 0. The third-order valence-electron chi connectivity index (χ3n) is 5.94. The average molecular weight is 466 g/mol. The maximum atomic E-state index is 12.4. The second-order valence-electron chi connectivity index (χ2n) is 8.45. The molecular weight excluding hydrogens is 438 g/mol. The van der Waals surface area contributed by atoms with Crippen LogP contribution in [0, 0.1) is 0 Å². The third kappa shape index (κ3) is 5.95. The van der Waals surface area contributed by atoms with Gasteiger partial charge in [-0.05, 0) is 47.4 Å². The molecule has 1 aliphatic rings. The van der Waals surface area contributed by atoms with Crippen LogP contribution in [0.15, 0.2) is 91.4 Å². The van der Waals surface area contributed by atoms with Gasteiger partial charge in [-0.1, -0.05) is 42.5 Å². The molecule has 2 N–H and O–H groups in total. The highest BCUT2D eigenvalue weighted by Gasteiger charge is 2.16. The maximum absolute atomic E-state index is 12.4. The summed E-state index contributed by atoms with van der Waals surface area (Å²) in [4.78, 5) is 23.4. The number of hydrogen-bond donors (Lipinski definition) is 2. The van der Waals surface area contributed by atoms with Crippen LogP contribution in [-0.4, -0.2) is 22.5 Å². The maximum Gasteiger partial charge on any atom is 0.319 e. The molecule has 5 rings (SSSR count). The van der Waals surface area contributed by atoms with Gasteiger partial charge in [-0.2, -0.15) is 0 Å². The van der Waals surface area contributed by atoms with Gasteiger partial charge in [0.05, 0.1) is 0 Å². The van der Waals surface area contributed by atoms with Crippen molar-refractivity contribution in [2.75, 3.05) is 16.8 Å². The highest BCUT2D eigenvalue weighted by molar-refractivity contribution is 5.89. The van der Waals surface area contributed by atoms with Gasteiger partial charge < -0.3 is 20.3 Å². The van der Waals surface area contributed by atoms with Crippen molar-refractivity contribution in [3.63, 3.8) is 0 Å². The highest BCUT2D eigenvalue weighted by atomic mass is 16.5. The number of anilines is 2. The van der Waals surface area contributed by atoms with Gasteiger partial charge in [0.25, 0.3) is 0 Å². The van der Waals surface area contributed by atoms with E-state index < -0.39 is 0 Å². The highest BCUT2D eigenvalue weighted by Crippen LogP contribution is 2.23. The number of benzene rings is 2. The molecule has 0 atom stereocenters. The van der Waals surface area contributed by atoms with Crippen LogP contribution in [0.3, 0.4) is 0 Å². The number of urea groups is 1. The Kier molecular flexibility index (Phi) is 6.84. The van der Waals surface area contributed by atoms with Crippen molar-refractivity contribution in [3.8, 4) is 5.75 Å². The summed E-state index contributed by atoms with van der Waals surface area (Å²) < 4.78 is 5.80. The molecule has 176 valence electrons. The van der Waals surface area contributed by atoms with Gasteiger partial charge in [-0.15, -0.1) is 0 Å². The first kappa shape index (κ1) is 22.4. The minimum atomic E-state index is -0.286. The summed E-state index contributed by atoms with van der Waals surface area (Å²) in [5.41, 5.74) is 5.35. The molecule has 0 aliphatic carbocycles. The molecule has 7 nitrogen and oxygen atoms in total. The molecule has 4 aromatic rings. The number of aromatic nitrogens is 2. The topological polar surface area (TPSA) is 79.4 Å². The van der Waals surface area contributed by atoms with E-state index in [0.717, 1.165) is 36.5 Å². The van der Waals surface area contributed by atoms with Gasteiger partial charge in [0.2, 0.25) is 0 Å². The predicted octanol–water partition coefficient (Wildman–Crippen LogP) is 4.94. The van der Waals surface area contributed by atoms with Crippen LogP contribution in [-0.2, 0) is 26.1 Å². The molecule has 0 saturated carbocycles. The van der Waals surface area contributed by atoms with E-state index in [1.807, 2.05) is 48.7 Å². The molecule has 0 fully saturated rings. The fourth-order valence-corrected chi connectivity index (χ4v) is 4.07. The number of rotatable bonds is 7. The zero-order chi connectivity index (χ0) is 23.9. The van der Waals surface area contributed by atoms with Gasteiger partial charge in [0.15, 0.2) is 0 Å². The number of carbonyl (C=O) groups is 1. The number of carbonyl (C=O) groups excluding carboxylic acids is 1. The summed E-state index contributed by atoms with van der Waals surface area (Å²) in [6, 6.07) is 23.4. The van der Waals surface area contributed by atoms with Gasteiger partial charge >= 0.3 is 6.03 Å².